The summed E-state index contributed by atoms with van der Waals surface area (Å²) in [6.45, 7) is 10.5. The minimum atomic E-state index is -3.55. The van der Waals surface area contributed by atoms with E-state index in [0.29, 0.717) is 11.4 Å². The van der Waals surface area contributed by atoms with Crippen molar-refractivity contribution in [1.29, 1.82) is 0 Å². The van der Waals surface area contributed by atoms with Crippen LogP contribution < -0.4 is 0 Å². The highest BCUT2D eigenvalue weighted by atomic mass is 32.2. The first-order chi connectivity index (χ1) is 11.8. The van der Waals surface area contributed by atoms with Crippen LogP contribution in [0.25, 0.3) is 0 Å². The van der Waals surface area contributed by atoms with Gasteiger partial charge in [-0.05, 0) is 86.9 Å². The molecule has 25 heavy (non-hydrogen) atoms. The van der Waals surface area contributed by atoms with Crippen molar-refractivity contribution in [1.82, 2.24) is 9.29 Å². The minimum Gasteiger partial charge on any atom is -0.264 e. The Kier molecular flexibility index (Phi) is 4.73. The van der Waals surface area contributed by atoms with Crippen LogP contribution in [0.2, 0.25) is 0 Å². The first kappa shape index (κ1) is 18.1. The third kappa shape index (κ3) is 2.89. The van der Waals surface area contributed by atoms with Crippen molar-refractivity contribution in [3.8, 4) is 0 Å². The summed E-state index contributed by atoms with van der Waals surface area (Å²) in [5, 5.41) is 0. The van der Waals surface area contributed by atoms with Crippen LogP contribution in [0.15, 0.2) is 29.4 Å². The fourth-order valence-electron chi connectivity index (χ4n) is 3.90. The number of rotatable bonds is 3. The van der Waals surface area contributed by atoms with Crippen LogP contribution in [0, 0.1) is 34.6 Å². The molecule has 0 aliphatic carbocycles. The Morgan fingerprint density at radius 2 is 1.60 bits per heavy atom. The van der Waals surface area contributed by atoms with E-state index in [9.17, 15) is 8.42 Å². The SMILES string of the molecule is Cc1c(C)c(C)c(S(=O)(=O)N2CCCC2c2cccnc2)c(C)c1C. The van der Waals surface area contributed by atoms with E-state index in [1.807, 2.05) is 39.8 Å². The van der Waals surface area contributed by atoms with Gasteiger partial charge < -0.3 is 0 Å². The van der Waals surface area contributed by atoms with E-state index in [-0.39, 0.29) is 6.04 Å². The Balaban J connectivity index is 2.14. The van der Waals surface area contributed by atoms with Crippen molar-refractivity contribution >= 4 is 10.0 Å². The topological polar surface area (TPSA) is 50.3 Å². The molecule has 4 nitrogen and oxygen atoms in total. The molecule has 0 saturated carbocycles. The molecule has 1 atom stereocenters. The van der Waals surface area contributed by atoms with Gasteiger partial charge in [-0.3, -0.25) is 4.98 Å². The van der Waals surface area contributed by atoms with E-state index in [2.05, 4.69) is 11.9 Å². The highest BCUT2D eigenvalue weighted by Crippen LogP contribution is 2.39. The third-order valence-electron chi connectivity index (χ3n) is 5.77. The molecule has 2 aromatic rings. The summed E-state index contributed by atoms with van der Waals surface area (Å²) in [7, 11) is -3.55. The molecular weight excluding hydrogens is 332 g/mol. The second-order valence-electron chi connectivity index (χ2n) is 7.01. The van der Waals surface area contributed by atoms with Gasteiger partial charge in [-0.25, -0.2) is 8.42 Å². The quantitative estimate of drug-likeness (QED) is 0.828. The maximum atomic E-state index is 13.6. The zero-order chi connectivity index (χ0) is 18.4. The predicted molar refractivity (Wildman–Crippen MR) is 100 cm³/mol. The highest BCUT2D eigenvalue weighted by molar-refractivity contribution is 7.89. The minimum absolute atomic E-state index is 0.126. The largest absolute Gasteiger partial charge is 0.264 e. The summed E-state index contributed by atoms with van der Waals surface area (Å²) < 4.78 is 28.8. The maximum Gasteiger partial charge on any atom is 0.244 e. The Labute approximate surface area is 151 Å². The van der Waals surface area contributed by atoms with Gasteiger partial charge in [0.2, 0.25) is 10.0 Å². The van der Waals surface area contributed by atoms with Gasteiger partial charge in [0.05, 0.1) is 10.9 Å². The second kappa shape index (κ2) is 6.54. The smallest absolute Gasteiger partial charge is 0.244 e. The zero-order valence-electron chi connectivity index (χ0n) is 15.6. The van der Waals surface area contributed by atoms with Crippen LogP contribution in [0.1, 0.15) is 52.3 Å². The zero-order valence-corrected chi connectivity index (χ0v) is 16.4. The van der Waals surface area contributed by atoms with E-state index in [1.54, 1.807) is 16.7 Å². The average molecular weight is 359 g/mol. The number of hydrogen-bond donors (Lipinski definition) is 0. The summed E-state index contributed by atoms with van der Waals surface area (Å²) >= 11 is 0. The Hall–Kier alpha value is -1.72. The number of hydrogen-bond acceptors (Lipinski definition) is 3. The van der Waals surface area contributed by atoms with Crippen molar-refractivity contribution in [2.45, 2.75) is 58.4 Å². The summed E-state index contributed by atoms with van der Waals surface area (Å²) in [6.07, 6.45) is 5.22. The van der Waals surface area contributed by atoms with Gasteiger partial charge in [0.1, 0.15) is 0 Å². The number of nitrogens with zero attached hydrogens (tertiary/aromatic N) is 2. The number of aromatic nitrogens is 1. The van der Waals surface area contributed by atoms with Gasteiger partial charge in [-0.15, -0.1) is 0 Å². The normalized spacial score (nSPS) is 18.7. The lowest BCUT2D eigenvalue weighted by atomic mass is 9.95. The van der Waals surface area contributed by atoms with Crippen molar-refractivity contribution in [3.05, 3.63) is 57.9 Å². The van der Waals surface area contributed by atoms with E-state index < -0.39 is 10.0 Å². The summed E-state index contributed by atoms with van der Waals surface area (Å²) in [5.74, 6) is 0. The summed E-state index contributed by atoms with van der Waals surface area (Å²) in [5.41, 5.74) is 6.03. The Morgan fingerprint density at radius 1 is 1.00 bits per heavy atom. The number of pyridine rings is 1. The number of sulfonamides is 1. The van der Waals surface area contributed by atoms with Crippen LogP contribution >= 0.6 is 0 Å². The van der Waals surface area contributed by atoms with Gasteiger partial charge in [-0.2, -0.15) is 4.31 Å². The van der Waals surface area contributed by atoms with E-state index in [1.165, 1.54) is 5.56 Å². The van der Waals surface area contributed by atoms with Gasteiger partial charge in [0.25, 0.3) is 0 Å². The standard InChI is InChI=1S/C20H26N2O2S/c1-13-14(2)16(4)20(17(5)15(13)3)25(23,24)22-11-7-9-19(22)18-8-6-10-21-12-18/h6,8,10,12,19H,7,9,11H2,1-5H3. The van der Waals surface area contributed by atoms with E-state index in [0.717, 1.165) is 40.7 Å². The van der Waals surface area contributed by atoms with Crippen LogP contribution in [-0.4, -0.2) is 24.3 Å². The molecule has 2 heterocycles. The molecular formula is C20H26N2O2S. The molecule has 1 aromatic heterocycles. The van der Waals surface area contributed by atoms with Crippen molar-refractivity contribution in [3.63, 3.8) is 0 Å². The van der Waals surface area contributed by atoms with Crippen LogP contribution in [0.5, 0.6) is 0 Å². The molecule has 1 saturated heterocycles. The fourth-order valence-corrected chi connectivity index (χ4v) is 6.15. The molecule has 1 aliphatic rings. The van der Waals surface area contributed by atoms with Gasteiger partial charge >= 0.3 is 0 Å². The molecule has 5 heteroatoms. The Morgan fingerprint density at radius 3 is 2.16 bits per heavy atom. The van der Waals surface area contributed by atoms with Crippen molar-refractivity contribution < 1.29 is 8.42 Å². The van der Waals surface area contributed by atoms with Crippen LogP contribution in [0.4, 0.5) is 0 Å². The molecule has 1 fully saturated rings. The van der Waals surface area contributed by atoms with Gasteiger partial charge in [0, 0.05) is 18.9 Å². The summed E-state index contributed by atoms with van der Waals surface area (Å²) in [4.78, 5) is 4.66. The lowest BCUT2D eigenvalue weighted by Gasteiger charge is -2.27. The van der Waals surface area contributed by atoms with Crippen LogP contribution in [-0.2, 0) is 10.0 Å². The molecule has 0 N–H and O–H groups in total. The monoisotopic (exact) mass is 358 g/mol. The van der Waals surface area contributed by atoms with E-state index >= 15 is 0 Å². The Bertz CT molecular complexity index is 876. The number of benzene rings is 1. The molecule has 1 aliphatic heterocycles. The predicted octanol–water partition coefficient (Wildman–Crippen LogP) is 4.15. The molecule has 1 unspecified atom stereocenters. The third-order valence-corrected chi connectivity index (χ3v) is 7.95. The molecule has 0 spiro atoms. The van der Waals surface area contributed by atoms with Gasteiger partial charge in [0.15, 0.2) is 0 Å². The van der Waals surface area contributed by atoms with E-state index in [4.69, 9.17) is 0 Å². The second-order valence-corrected chi connectivity index (χ2v) is 8.84. The fraction of sp³-hybridized carbons (Fsp3) is 0.450. The first-order valence-electron chi connectivity index (χ1n) is 8.75. The van der Waals surface area contributed by atoms with Crippen molar-refractivity contribution in [2.75, 3.05) is 6.54 Å². The lowest BCUT2D eigenvalue weighted by Crippen LogP contribution is -2.32. The molecule has 0 radical (unpaired) electrons. The molecule has 1 aromatic carbocycles. The maximum absolute atomic E-state index is 13.6. The molecule has 134 valence electrons. The highest BCUT2D eigenvalue weighted by Gasteiger charge is 2.38. The molecule has 0 amide bonds. The van der Waals surface area contributed by atoms with Crippen molar-refractivity contribution in [2.24, 2.45) is 0 Å². The molecule has 0 bridgehead atoms. The summed E-state index contributed by atoms with van der Waals surface area (Å²) in [6, 6.07) is 3.71. The van der Waals surface area contributed by atoms with Gasteiger partial charge in [-0.1, -0.05) is 6.07 Å². The van der Waals surface area contributed by atoms with Crippen LogP contribution in [0.3, 0.4) is 0 Å². The lowest BCUT2D eigenvalue weighted by molar-refractivity contribution is 0.395. The first-order valence-corrected chi connectivity index (χ1v) is 10.2. The molecule has 3 rings (SSSR count). The average Bonchev–Trinajstić information content (AvgIpc) is 3.09.